The van der Waals surface area contributed by atoms with E-state index in [1.54, 1.807) is 0 Å². The molecule has 0 aromatic heterocycles. The molecular weight excluding hydrogens is 198 g/mol. The molecule has 82 valence electrons. The summed E-state index contributed by atoms with van der Waals surface area (Å²) >= 11 is 1.97. The van der Waals surface area contributed by atoms with Gasteiger partial charge in [0.05, 0.1) is 0 Å². The van der Waals surface area contributed by atoms with Gasteiger partial charge in [-0.2, -0.15) is 11.8 Å². The zero-order valence-electron chi connectivity index (χ0n) is 8.90. The fourth-order valence-corrected chi connectivity index (χ4v) is 3.07. The first-order chi connectivity index (χ1) is 6.66. The smallest absolute Gasteiger partial charge is 0.320 e. The Bertz CT molecular complexity index is 193. The van der Waals surface area contributed by atoms with Crippen LogP contribution in [0.1, 0.15) is 26.2 Å². The molecule has 1 atom stereocenters. The number of likely N-dealkylation sites (N-methyl/N-ethyl adjacent to an activating group) is 1. The summed E-state index contributed by atoms with van der Waals surface area (Å²) in [6.07, 6.45) is 2.95. The standard InChI is InChI=1S/C10H19NO2S/c1-3-9(10(12)13)11(2)8-4-6-14-7-5-8/h8-9H,3-7H2,1-2H3,(H,12,13). The molecule has 0 saturated carbocycles. The predicted octanol–water partition coefficient (Wildman–Crippen LogP) is 1.68. The highest BCUT2D eigenvalue weighted by molar-refractivity contribution is 7.99. The number of carboxylic acids is 1. The Balaban J connectivity index is 2.51. The molecule has 0 radical (unpaired) electrons. The molecular formula is C10H19NO2S. The van der Waals surface area contributed by atoms with E-state index in [9.17, 15) is 4.79 Å². The van der Waals surface area contributed by atoms with Gasteiger partial charge in [-0.25, -0.2) is 0 Å². The summed E-state index contributed by atoms with van der Waals surface area (Å²) in [5.41, 5.74) is 0. The van der Waals surface area contributed by atoms with E-state index in [0.29, 0.717) is 12.5 Å². The van der Waals surface area contributed by atoms with E-state index < -0.39 is 5.97 Å². The lowest BCUT2D eigenvalue weighted by atomic mass is 10.1. The van der Waals surface area contributed by atoms with Crippen molar-refractivity contribution in [2.24, 2.45) is 0 Å². The number of carboxylic acid groups (broad SMARTS) is 1. The first kappa shape index (κ1) is 11.9. The van der Waals surface area contributed by atoms with Gasteiger partial charge >= 0.3 is 5.97 Å². The van der Waals surface area contributed by atoms with Gasteiger partial charge in [0.25, 0.3) is 0 Å². The second-order valence-electron chi connectivity index (χ2n) is 3.77. The molecule has 0 spiro atoms. The number of nitrogens with zero attached hydrogens (tertiary/aromatic N) is 1. The molecule has 1 unspecified atom stereocenters. The second-order valence-corrected chi connectivity index (χ2v) is 5.00. The predicted molar refractivity (Wildman–Crippen MR) is 59.8 cm³/mol. The lowest BCUT2D eigenvalue weighted by molar-refractivity contribution is -0.143. The van der Waals surface area contributed by atoms with Crippen molar-refractivity contribution in [3.8, 4) is 0 Å². The summed E-state index contributed by atoms with van der Waals surface area (Å²) in [5.74, 6) is 1.66. The van der Waals surface area contributed by atoms with E-state index in [4.69, 9.17) is 5.11 Å². The van der Waals surface area contributed by atoms with Gasteiger partial charge in [-0.05, 0) is 37.8 Å². The second kappa shape index (κ2) is 5.61. The zero-order chi connectivity index (χ0) is 10.6. The molecule has 14 heavy (non-hydrogen) atoms. The molecule has 0 aromatic carbocycles. The van der Waals surface area contributed by atoms with Gasteiger partial charge in [-0.3, -0.25) is 9.69 Å². The quantitative estimate of drug-likeness (QED) is 0.778. The highest BCUT2D eigenvalue weighted by atomic mass is 32.2. The Labute approximate surface area is 89.9 Å². The molecule has 1 aliphatic rings. The first-order valence-corrected chi connectivity index (χ1v) is 6.34. The van der Waals surface area contributed by atoms with Gasteiger partial charge in [0.2, 0.25) is 0 Å². The van der Waals surface area contributed by atoms with E-state index in [1.807, 2.05) is 30.6 Å². The van der Waals surface area contributed by atoms with Gasteiger partial charge in [-0.15, -0.1) is 0 Å². The maximum absolute atomic E-state index is 11.0. The van der Waals surface area contributed by atoms with Crippen molar-refractivity contribution in [2.45, 2.75) is 38.3 Å². The molecule has 1 heterocycles. The Kier molecular flexibility index (Phi) is 4.75. The molecule has 1 rings (SSSR count). The highest BCUT2D eigenvalue weighted by Crippen LogP contribution is 2.22. The van der Waals surface area contributed by atoms with Crippen molar-refractivity contribution in [3.05, 3.63) is 0 Å². The minimum Gasteiger partial charge on any atom is -0.480 e. The van der Waals surface area contributed by atoms with Crippen molar-refractivity contribution < 1.29 is 9.90 Å². The first-order valence-electron chi connectivity index (χ1n) is 5.19. The maximum atomic E-state index is 11.0. The minimum atomic E-state index is -0.687. The third-order valence-corrected chi connectivity index (χ3v) is 3.98. The molecule has 1 aliphatic heterocycles. The van der Waals surface area contributed by atoms with Crippen molar-refractivity contribution in [1.29, 1.82) is 0 Å². The molecule has 0 amide bonds. The molecule has 1 fully saturated rings. The van der Waals surface area contributed by atoms with Gasteiger partial charge in [0, 0.05) is 6.04 Å². The normalized spacial score (nSPS) is 21.1. The number of hydrogen-bond acceptors (Lipinski definition) is 3. The minimum absolute atomic E-state index is 0.303. The maximum Gasteiger partial charge on any atom is 0.320 e. The van der Waals surface area contributed by atoms with Crippen molar-refractivity contribution >= 4 is 17.7 Å². The van der Waals surface area contributed by atoms with Crippen LogP contribution in [0.25, 0.3) is 0 Å². The van der Waals surface area contributed by atoms with Crippen LogP contribution in [0.5, 0.6) is 0 Å². The van der Waals surface area contributed by atoms with Gasteiger partial charge in [0.15, 0.2) is 0 Å². The van der Waals surface area contributed by atoms with Crippen LogP contribution < -0.4 is 0 Å². The van der Waals surface area contributed by atoms with Gasteiger partial charge in [0.1, 0.15) is 6.04 Å². The fraction of sp³-hybridized carbons (Fsp3) is 0.900. The molecule has 1 saturated heterocycles. The fourth-order valence-electron chi connectivity index (χ4n) is 1.98. The van der Waals surface area contributed by atoms with Crippen molar-refractivity contribution in [1.82, 2.24) is 4.90 Å². The largest absolute Gasteiger partial charge is 0.480 e. The summed E-state index contributed by atoms with van der Waals surface area (Å²) in [7, 11) is 1.95. The summed E-state index contributed by atoms with van der Waals surface area (Å²) in [6.45, 7) is 1.94. The van der Waals surface area contributed by atoms with Crippen LogP contribution >= 0.6 is 11.8 Å². The number of aliphatic carboxylic acids is 1. The van der Waals surface area contributed by atoms with Crippen molar-refractivity contribution in [2.75, 3.05) is 18.6 Å². The molecule has 0 aliphatic carbocycles. The Hall–Kier alpha value is -0.220. The Morgan fingerprint density at radius 1 is 1.57 bits per heavy atom. The van der Waals surface area contributed by atoms with Crippen LogP contribution in [0.2, 0.25) is 0 Å². The molecule has 4 heteroatoms. The summed E-state index contributed by atoms with van der Waals surface area (Å²) in [6, 6.07) is 0.167. The number of carbonyl (C=O) groups is 1. The SMILES string of the molecule is CCC(C(=O)O)N(C)C1CCSCC1. The van der Waals surface area contributed by atoms with Crippen molar-refractivity contribution in [3.63, 3.8) is 0 Å². The monoisotopic (exact) mass is 217 g/mol. The van der Waals surface area contributed by atoms with Crippen LogP contribution in [0.15, 0.2) is 0 Å². The average molecular weight is 217 g/mol. The number of hydrogen-bond donors (Lipinski definition) is 1. The summed E-state index contributed by atoms with van der Waals surface area (Å²) < 4.78 is 0. The van der Waals surface area contributed by atoms with E-state index >= 15 is 0 Å². The summed E-state index contributed by atoms with van der Waals surface area (Å²) in [4.78, 5) is 13.0. The topological polar surface area (TPSA) is 40.5 Å². The third kappa shape index (κ3) is 2.89. The van der Waals surface area contributed by atoms with Crippen LogP contribution in [0.3, 0.4) is 0 Å². The molecule has 0 bridgehead atoms. The highest BCUT2D eigenvalue weighted by Gasteiger charge is 2.27. The van der Waals surface area contributed by atoms with Crippen LogP contribution in [-0.2, 0) is 4.79 Å². The van der Waals surface area contributed by atoms with E-state index in [0.717, 1.165) is 12.8 Å². The van der Waals surface area contributed by atoms with E-state index in [1.165, 1.54) is 11.5 Å². The van der Waals surface area contributed by atoms with Crippen LogP contribution in [0, 0.1) is 0 Å². The zero-order valence-corrected chi connectivity index (χ0v) is 9.72. The van der Waals surface area contributed by atoms with Gasteiger partial charge in [-0.1, -0.05) is 6.92 Å². The molecule has 1 N–H and O–H groups in total. The lowest BCUT2D eigenvalue weighted by Crippen LogP contribution is -2.45. The Morgan fingerprint density at radius 3 is 2.57 bits per heavy atom. The van der Waals surface area contributed by atoms with Crippen LogP contribution in [-0.4, -0.2) is 46.6 Å². The number of rotatable bonds is 4. The van der Waals surface area contributed by atoms with E-state index in [2.05, 4.69) is 0 Å². The average Bonchev–Trinajstić information content (AvgIpc) is 2.19. The Morgan fingerprint density at radius 2 is 2.14 bits per heavy atom. The third-order valence-electron chi connectivity index (χ3n) is 2.93. The molecule has 3 nitrogen and oxygen atoms in total. The number of thioether (sulfide) groups is 1. The van der Waals surface area contributed by atoms with Crippen LogP contribution in [0.4, 0.5) is 0 Å². The van der Waals surface area contributed by atoms with E-state index in [-0.39, 0.29) is 6.04 Å². The van der Waals surface area contributed by atoms with Gasteiger partial charge < -0.3 is 5.11 Å². The molecule has 0 aromatic rings. The summed E-state index contributed by atoms with van der Waals surface area (Å²) in [5, 5.41) is 9.03. The lowest BCUT2D eigenvalue weighted by Gasteiger charge is -2.34.